The Morgan fingerprint density at radius 1 is 1.30 bits per heavy atom. The molecule has 0 unspecified atom stereocenters. The molecule has 124 valence electrons. The van der Waals surface area contributed by atoms with Crippen molar-refractivity contribution in [3.8, 4) is 0 Å². The first kappa shape index (κ1) is 16.0. The summed E-state index contributed by atoms with van der Waals surface area (Å²) in [6.07, 6.45) is 3.76. The van der Waals surface area contributed by atoms with E-state index in [-0.39, 0.29) is 11.8 Å². The maximum atomic E-state index is 12.7. The lowest BCUT2D eigenvalue weighted by molar-refractivity contribution is -0.128. The second-order valence-corrected chi connectivity index (χ2v) is 6.50. The molecule has 0 spiro atoms. The number of nitrogens with one attached hydrogen (secondary N) is 1. The van der Waals surface area contributed by atoms with E-state index in [1.165, 1.54) is 0 Å². The van der Waals surface area contributed by atoms with Gasteiger partial charge in [-0.25, -0.2) is 0 Å². The van der Waals surface area contributed by atoms with Crippen LogP contribution in [0.4, 0.5) is 0 Å². The molecule has 1 N–H and O–H groups in total. The summed E-state index contributed by atoms with van der Waals surface area (Å²) in [5.74, 6) is 0.314. The van der Waals surface area contributed by atoms with E-state index < -0.39 is 0 Å². The number of benzene rings is 1. The minimum absolute atomic E-state index is 0.0968. The van der Waals surface area contributed by atoms with E-state index in [9.17, 15) is 9.59 Å². The first-order chi connectivity index (χ1) is 11.2. The Morgan fingerprint density at radius 3 is 2.91 bits per heavy atom. The van der Waals surface area contributed by atoms with E-state index >= 15 is 0 Å². The molecule has 2 heterocycles. The van der Waals surface area contributed by atoms with Crippen LogP contribution >= 0.6 is 0 Å². The van der Waals surface area contributed by atoms with Crippen LogP contribution in [0.1, 0.15) is 41.6 Å². The van der Waals surface area contributed by atoms with Gasteiger partial charge < -0.3 is 15.1 Å². The molecular weight excluding hydrogens is 290 g/mol. The largest absolute Gasteiger partial charge is 0.338 e. The molecular formula is C18H25N3O2. The average Bonchev–Trinajstić information content (AvgIpc) is 2.99. The second-order valence-electron chi connectivity index (χ2n) is 6.50. The van der Waals surface area contributed by atoms with Crippen molar-refractivity contribution in [1.82, 2.24) is 15.1 Å². The third kappa shape index (κ3) is 3.72. The van der Waals surface area contributed by atoms with E-state index in [2.05, 4.69) is 5.32 Å². The van der Waals surface area contributed by atoms with Gasteiger partial charge in [0.1, 0.15) is 0 Å². The molecule has 2 aliphatic heterocycles. The zero-order valence-electron chi connectivity index (χ0n) is 13.8. The summed E-state index contributed by atoms with van der Waals surface area (Å²) in [7, 11) is 1.95. The summed E-state index contributed by atoms with van der Waals surface area (Å²) < 4.78 is 0. The van der Waals surface area contributed by atoms with Crippen LogP contribution in [0.15, 0.2) is 24.3 Å². The van der Waals surface area contributed by atoms with E-state index in [1.54, 1.807) is 0 Å². The minimum atomic E-state index is 0.0968. The molecule has 2 saturated heterocycles. The quantitative estimate of drug-likeness (QED) is 0.919. The number of likely N-dealkylation sites (N-methyl/N-ethyl adjacent to an activating group) is 1. The Kier molecular flexibility index (Phi) is 4.96. The highest BCUT2D eigenvalue weighted by Gasteiger charge is 2.24. The molecule has 1 aromatic rings. The monoisotopic (exact) mass is 315 g/mol. The smallest absolute Gasteiger partial charge is 0.253 e. The molecule has 5 heteroatoms. The van der Waals surface area contributed by atoms with Crippen molar-refractivity contribution in [2.24, 2.45) is 0 Å². The molecule has 0 radical (unpaired) electrons. The van der Waals surface area contributed by atoms with Crippen LogP contribution < -0.4 is 5.32 Å². The lowest BCUT2D eigenvalue weighted by Gasteiger charge is -2.32. The Labute approximate surface area is 137 Å². The molecule has 23 heavy (non-hydrogen) atoms. The summed E-state index contributed by atoms with van der Waals surface area (Å²) in [5, 5.41) is 3.27. The normalized spacial score (nSPS) is 21.8. The zero-order valence-corrected chi connectivity index (χ0v) is 13.8. The van der Waals surface area contributed by atoms with Crippen LogP contribution in [0.2, 0.25) is 0 Å². The average molecular weight is 315 g/mol. The van der Waals surface area contributed by atoms with E-state index in [1.807, 2.05) is 41.1 Å². The first-order valence-corrected chi connectivity index (χ1v) is 8.50. The maximum Gasteiger partial charge on any atom is 0.253 e. The molecule has 3 rings (SSSR count). The van der Waals surface area contributed by atoms with Gasteiger partial charge in [0.2, 0.25) is 5.91 Å². The van der Waals surface area contributed by atoms with Crippen molar-refractivity contribution in [3.05, 3.63) is 35.4 Å². The molecule has 2 aliphatic rings. The Bertz CT molecular complexity index is 587. The molecule has 5 nitrogen and oxygen atoms in total. The fourth-order valence-electron chi connectivity index (χ4n) is 3.47. The molecule has 0 aromatic heterocycles. The van der Waals surface area contributed by atoms with Crippen LogP contribution in [0.25, 0.3) is 0 Å². The number of carbonyl (C=O) groups is 2. The van der Waals surface area contributed by atoms with Gasteiger partial charge in [0.25, 0.3) is 5.91 Å². The van der Waals surface area contributed by atoms with Crippen LogP contribution in [-0.2, 0) is 11.3 Å². The van der Waals surface area contributed by atoms with Gasteiger partial charge in [0, 0.05) is 44.2 Å². The second kappa shape index (κ2) is 7.13. The maximum absolute atomic E-state index is 12.7. The summed E-state index contributed by atoms with van der Waals surface area (Å²) in [6.45, 7) is 3.03. The van der Waals surface area contributed by atoms with Gasteiger partial charge in [-0.05, 0) is 44.0 Å². The van der Waals surface area contributed by atoms with Gasteiger partial charge >= 0.3 is 0 Å². The van der Waals surface area contributed by atoms with E-state index in [0.29, 0.717) is 19.0 Å². The van der Waals surface area contributed by atoms with Gasteiger partial charge in [0.15, 0.2) is 0 Å². The number of hydrogen-bond acceptors (Lipinski definition) is 3. The highest BCUT2D eigenvalue weighted by Crippen LogP contribution is 2.18. The third-order valence-corrected chi connectivity index (χ3v) is 4.84. The minimum Gasteiger partial charge on any atom is -0.338 e. The van der Waals surface area contributed by atoms with Crippen LogP contribution in [0, 0.1) is 0 Å². The molecule has 0 saturated carbocycles. The Balaban J connectivity index is 1.68. The van der Waals surface area contributed by atoms with Crippen LogP contribution in [0.5, 0.6) is 0 Å². The summed E-state index contributed by atoms with van der Waals surface area (Å²) >= 11 is 0. The van der Waals surface area contributed by atoms with Crippen molar-refractivity contribution in [2.45, 2.75) is 38.3 Å². The van der Waals surface area contributed by atoms with Gasteiger partial charge in [-0.1, -0.05) is 12.1 Å². The van der Waals surface area contributed by atoms with Crippen molar-refractivity contribution in [3.63, 3.8) is 0 Å². The number of rotatable bonds is 4. The number of amides is 2. The predicted molar refractivity (Wildman–Crippen MR) is 89.1 cm³/mol. The molecule has 1 aromatic carbocycles. The van der Waals surface area contributed by atoms with Crippen LogP contribution in [-0.4, -0.2) is 54.3 Å². The number of likely N-dealkylation sites (tertiary alicyclic amines) is 2. The van der Waals surface area contributed by atoms with Crippen LogP contribution in [0.3, 0.4) is 0 Å². The topological polar surface area (TPSA) is 52.7 Å². The summed E-state index contributed by atoms with van der Waals surface area (Å²) in [4.78, 5) is 28.3. The summed E-state index contributed by atoms with van der Waals surface area (Å²) in [5.41, 5.74) is 1.76. The zero-order chi connectivity index (χ0) is 16.2. The lowest BCUT2D eigenvalue weighted by Crippen LogP contribution is -2.46. The molecule has 2 fully saturated rings. The van der Waals surface area contributed by atoms with Gasteiger partial charge in [-0.2, -0.15) is 0 Å². The standard InChI is InChI=1S/C18H25N3O2/c1-19-16-7-3-10-21(13-16)18(23)15-6-2-5-14(11-15)12-20-9-4-8-17(20)22/h2,5-6,11,16,19H,3-4,7-10,12-13H2,1H3/t16-/m1/s1. The molecule has 1 atom stereocenters. The van der Waals surface area contributed by atoms with Crippen molar-refractivity contribution < 1.29 is 9.59 Å². The highest BCUT2D eigenvalue weighted by molar-refractivity contribution is 5.94. The highest BCUT2D eigenvalue weighted by atomic mass is 16.2. The van der Waals surface area contributed by atoms with E-state index in [4.69, 9.17) is 0 Å². The SMILES string of the molecule is CN[C@@H]1CCCN(C(=O)c2cccc(CN3CCCC3=O)c2)C1. The fraction of sp³-hybridized carbons (Fsp3) is 0.556. The fourth-order valence-corrected chi connectivity index (χ4v) is 3.47. The Morgan fingerprint density at radius 2 is 2.17 bits per heavy atom. The predicted octanol–water partition coefficient (Wildman–Crippen LogP) is 1.63. The number of nitrogens with zero attached hydrogens (tertiary/aromatic N) is 2. The first-order valence-electron chi connectivity index (χ1n) is 8.50. The van der Waals surface area contributed by atoms with E-state index in [0.717, 1.165) is 50.0 Å². The molecule has 0 aliphatic carbocycles. The van der Waals surface area contributed by atoms with Gasteiger partial charge in [0.05, 0.1) is 0 Å². The third-order valence-electron chi connectivity index (χ3n) is 4.84. The molecule has 0 bridgehead atoms. The number of hydrogen-bond donors (Lipinski definition) is 1. The van der Waals surface area contributed by atoms with Crippen molar-refractivity contribution in [2.75, 3.05) is 26.7 Å². The van der Waals surface area contributed by atoms with Crippen molar-refractivity contribution in [1.29, 1.82) is 0 Å². The van der Waals surface area contributed by atoms with Gasteiger partial charge in [-0.3, -0.25) is 9.59 Å². The van der Waals surface area contributed by atoms with Crippen molar-refractivity contribution >= 4 is 11.8 Å². The number of carbonyl (C=O) groups excluding carboxylic acids is 2. The summed E-state index contributed by atoms with van der Waals surface area (Å²) in [6, 6.07) is 8.12. The number of piperidine rings is 1. The lowest BCUT2D eigenvalue weighted by atomic mass is 10.0. The Hall–Kier alpha value is -1.88. The van der Waals surface area contributed by atoms with Gasteiger partial charge in [-0.15, -0.1) is 0 Å². The molecule has 2 amide bonds.